The van der Waals surface area contributed by atoms with Crippen molar-refractivity contribution in [3.8, 4) is 0 Å². The van der Waals surface area contributed by atoms with Crippen molar-refractivity contribution in [3.63, 3.8) is 0 Å². The first kappa shape index (κ1) is 16.0. The molecule has 2 rings (SSSR count). The average molecular weight is 311 g/mol. The Morgan fingerprint density at radius 2 is 2.00 bits per heavy atom. The Morgan fingerprint density at radius 3 is 2.57 bits per heavy atom. The van der Waals surface area contributed by atoms with Crippen molar-refractivity contribution in [2.45, 2.75) is 31.6 Å². The summed E-state index contributed by atoms with van der Waals surface area (Å²) in [5.74, 6) is -0.0552. The van der Waals surface area contributed by atoms with Crippen molar-refractivity contribution in [1.82, 2.24) is 4.31 Å². The number of sulfonamides is 1. The van der Waals surface area contributed by atoms with Crippen LogP contribution in [0.3, 0.4) is 0 Å². The maximum absolute atomic E-state index is 12.5. The summed E-state index contributed by atoms with van der Waals surface area (Å²) in [4.78, 5) is 11.8. The molecule has 5 nitrogen and oxygen atoms in total. The zero-order valence-corrected chi connectivity index (χ0v) is 13.2. The number of rotatable bonds is 4. The lowest BCUT2D eigenvalue weighted by Gasteiger charge is -2.30. The second kappa shape index (κ2) is 6.58. The Balaban J connectivity index is 2.19. The minimum absolute atomic E-state index is 0.227. The van der Waals surface area contributed by atoms with E-state index in [0.717, 1.165) is 12.8 Å². The van der Waals surface area contributed by atoms with Gasteiger partial charge in [-0.05, 0) is 49.9 Å². The summed E-state index contributed by atoms with van der Waals surface area (Å²) in [6.45, 7) is 5.21. The predicted octanol–water partition coefficient (Wildman–Crippen LogP) is 2.28. The van der Waals surface area contributed by atoms with Crippen LogP contribution in [0.2, 0.25) is 0 Å². The van der Waals surface area contributed by atoms with Crippen LogP contribution < -0.4 is 0 Å². The summed E-state index contributed by atoms with van der Waals surface area (Å²) >= 11 is 0. The SMILES string of the molecule is CCOC(=O)c1ccc(S(=O)(=O)N2CCCC(C)C2)cc1. The molecule has 1 aromatic rings. The molecule has 0 amide bonds. The minimum atomic E-state index is -3.47. The first-order chi connectivity index (χ1) is 9.95. The van der Waals surface area contributed by atoms with Crippen molar-refractivity contribution >= 4 is 16.0 Å². The maximum Gasteiger partial charge on any atom is 0.338 e. The van der Waals surface area contributed by atoms with E-state index in [9.17, 15) is 13.2 Å². The molecule has 1 unspecified atom stereocenters. The van der Waals surface area contributed by atoms with Crippen molar-refractivity contribution in [2.24, 2.45) is 5.92 Å². The normalized spacial score (nSPS) is 20.2. The van der Waals surface area contributed by atoms with Crippen LogP contribution in [-0.4, -0.2) is 38.4 Å². The van der Waals surface area contributed by atoms with Gasteiger partial charge in [0.05, 0.1) is 17.1 Å². The second-order valence-electron chi connectivity index (χ2n) is 5.36. The standard InChI is InChI=1S/C15H21NO4S/c1-3-20-15(17)13-6-8-14(9-7-13)21(18,19)16-10-4-5-12(2)11-16/h6-9,12H,3-5,10-11H2,1-2H3. The number of nitrogens with zero attached hydrogens (tertiary/aromatic N) is 1. The predicted molar refractivity (Wildman–Crippen MR) is 79.6 cm³/mol. The molecule has 0 saturated carbocycles. The van der Waals surface area contributed by atoms with Crippen molar-refractivity contribution in [2.75, 3.05) is 19.7 Å². The van der Waals surface area contributed by atoms with Crippen molar-refractivity contribution in [1.29, 1.82) is 0 Å². The smallest absolute Gasteiger partial charge is 0.338 e. The van der Waals surface area contributed by atoms with Gasteiger partial charge in [0.25, 0.3) is 0 Å². The lowest BCUT2D eigenvalue weighted by atomic mass is 10.0. The molecule has 1 aliphatic rings. The van der Waals surface area contributed by atoms with Crippen LogP contribution in [0.15, 0.2) is 29.2 Å². The van der Waals surface area contributed by atoms with Gasteiger partial charge < -0.3 is 4.74 Å². The molecule has 6 heteroatoms. The number of piperidine rings is 1. The summed E-state index contributed by atoms with van der Waals surface area (Å²) in [6.07, 6.45) is 1.95. The van der Waals surface area contributed by atoms with E-state index in [1.54, 1.807) is 6.92 Å². The van der Waals surface area contributed by atoms with E-state index in [1.807, 2.05) is 0 Å². The first-order valence-corrected chi connectivity index (χ1v) is 8.66. The number of esters is 1. The zero-order chi connectivity index (χ0) is 15.5. The van der Waals surface area contributed by atoms with Gasteiger partial charge >= 0.3 is 5.97 Å². The third-order valence-electron chi connectivity index (χ3n) is 3.62. The second-order valence-corrected chi connectivity index (χ2v) is 7.29. The summed E-state index contributed by atoms with van der Waals surface area (Å²) in [6, 6.07) is 5.94. The van der Waals surface area contributed by atoms with E-state index in [-0.39, 0.29) is 4.90 Å². The van der Waals surface area contributed by atoms with Gasteiger partial charge in [-0.15, -0.1) is 0 Å². The third-order valence-corrected chi connectivity index (χ3v) is 5.50. The number of carbonyl (C=O) groups is 1. The molecule has 21 heavy (non-hydrogen) atoms. The quantitative estimate of drug-likeness (QED) is 0.800. The van der Waals surface area contributed by atoms with Gasteiger partial charge in [0.2, 0.25) is 10.0 Å². The number of ether oxygens (including phenoxy) is 1. The molecule has 0 aromatic heterocycles. The van der Waals surface area contributed by atoms with Gasteiger partial charge in [0.15, 0.2) is 0 Å². The highest BCUT2D eigenvalue weighted by Crippen LogP contribution is 2.23. The molecule has 1 aromatic carbocycles. The van der Waals surface area contributed by atoms with Crippen LogP contribution in [0.5, 0.6) is 0 Å². The van der Waals surface area contributed by atoms with Gasteiger partial charge in [0, 0.05) is 13.1 Å². The third kappa shape index (κ3) is 3.63. The lowest BCUT2D eigenvalue weighted by molar-refractivity contribution is 0.0526. The number of carbonyl (C=O) groups excluding carboxylic acids is 1. The first-order valence-electron chi connectivity index (χ1n) is 7.22. The van der Waals surface area contributed by atoms with Gasteiger partial charge in [-0.1, -0.05) is 6.92 Å². The van der Waals surface area contributed by atoms with Crippen LogP contribution in [0, 0.1) is 5.92 Å². The van der Waals surface area contributed by atoms with Gasteiger partial charge in [-0.3, -0.25) is 0 Å². The van der Waals surface area contributed by atoms with Gasteiger partial charge in [-0.2, -0.15) is 4.31 Å². The van der Waals surface area contributed by atoms with Crippen molar-refractivity contribution < 1.29 is 17.9 Å². The summed E-state index contributed by atoms with van der Waals surface area (Å²) in [7, 11) is -3.47. The van der Waals surface area contributed by atoms with E-state index >= 15 is 0 Å². The molecule has 0 bridgehead atoms. The average Bonchev–Trinajstić information content (AvgIpc) is 2.47. The maximum atomic E-state index is 12.5. The number of benzene rings is 1. The molecule has 0 N–H and O–H groups in total. The van der Waals surface area contributed by atoms with E-state index < -0.39 is 16.0 Å². The molecule has 116 valence electrons. The minimum Gasteiger partial charge on any atom is -0.462 e. The van der Waals surface area contributed by atoms with Gasteiger partial charge in [-0.25, -0.2) is 13.2 Å². The highest BCUT2D eigenvalue weighted by molar-refractivity contribution is 7.89. The Kier molecular flexibility index (Phi) is 5.00. The molecule has 1 atom stereocenters. The van der Waals surface area contributed by atoms with E-state index in [0.29, 0.717) is 31.2 Å². The summed E-state index contributed by atoms with van der Waals surface area (Å²) < 4.78 is 31.5. The van der Waals surface area contributed by atoms with Crippen LogP contribution in [0.25, 0.3) is 0 Å². The lowest BCUT2D eigenvalue weighted by Crippen LogP contribution is -2.39. The molecule has 1 fully saturated rings. The van der Waals surface area contributed by atoms with E-state index in [1.165, 1.54) is 28.6 Å². The Morgan fingerprint density at radius 1 is 1.33 bits per heavy atom. The largest absolute Gasteiger partial charge is 0.462 e. The molecule has 1 saturated heterocycles. The van der Waals surface area contributed by atoms with Crippen LogP contribution in [-0.2, 0) is 14.8 Å². The molecule has 0 spiro atoms. The Labute approximate surface area is 126 Å². The molecule has 1 heterocycles. The summed E-state index contributed by atoms with van der Waals surface area (Å²) in [5, 5.41) is 0. The summed E-state index contributed by atoms with van der Waals surface area (Å²) in [5.41, 5.74) is 0.364. The fourth-order valence-electron chi connectivity index (χ4n) is 2.49. The van der Waals surface area contributed by atoms with Crippen LogP contribution >= 0.6 is 0 Å². The van der Waals surface area contributed by atoms with E-state index in [4.69, 9.17) is 4.74 Å². The molecule has 0 radical (unpaired) electrons. The fourth-order valence-corrected chi connectivity index (χ4v) is 4.09. The topological polar surface area (TPSA) is 63.7 Å². The Hall–Kier alpha value is -1.40. The van der Waals surface area contributed by atoms with Crippen LogP contribution in [0.1, 0.15) is 37.0 Å². The van der Waals surface area contributed by atoms with Crippen molar-refractivity contribution in [3.05, 3.63) is 29.8 Å². The Bertz CT molecular complexity index is 595. The molecule has 0 aliphatic carbocycles. The van der Waals surface area contributed by atoms with E-state index in [2.05, 4.69) is 6.92 Å². The highest BCUT2D eigenvalue weighted by atomic mass is 32.2. The number of hydrogen-bond donors (Lipinski definition) is 0. The molecular formula is C15H21NO4S. The highest BCUT2D eigenvalue weighted by Gasteiger charge is 2.28. The number of hydrogen-bond acceptors (Lipinski definition) is 4. The molecule has 1 aliphatic heterocycles. The van der Waals surface area contributed by atoms with Gasteiger partial charge in [0.1, 0.15) is 0 Å². The van der Waals surface area contributed by atoms with Crippen LogP contribution in [0.4, 0.5) is 0 Å². The monoisotopic (exact) mass is 311 g/mol. The zero-order valence-electron chi connectivity index (χ0n) is 12.4. The molecular weight excluding hydrogens is 290 g/mol. The fraction of sp³-hybridized carbons (Fsp3) is 0.533.